The van der Waals surface area contributed by atoms with E-state index in [0.717, 1.165) is 22.4 Å². The molecule has 30 heavy (non-hydrogen) atoms. The lowest BCUT2D eigenvalue weighted by molar-refractivity contribution is -0.201. The first kappa shape index (κ1) is 20.4. The zero-order valence-electron chi connectivity index (χ0n) is 17.7. The number of carbonyl (C=O) groups is 2. The van der Waals surface area contributed by atoms with E-state index in [0.29, 0.717) is 19.5 Å². The lowest BCUT2D eigenvalue weighted by atomic mass is 9.60. The molecule has 0 unspecified atom stereocenters. The van der Waals surface area contributed by atoms with Gasteiger partial charge in [0.05, 0.1) is 25.3 Å². The predicted octanol–water partition coefficient (Wildman–Crippen LogP) is 2.66. The molecule has 1 spiro atoms. The normalized spacial score (nSPS) is 21.7. The predicted molar refractivity (Wildman–Crippen MR) is 114 cm³/mol. The van der Waals surface area contributed by atoms with Gasteiger partial charge in [-0.15, -0.1) is 0 Å². The number of methoxy groups -OCH3 is 1. The van der Waals surface area contributed by atoms with E-state index in [1.807, 2.05) is 31.2 Å². The molecule has 2 aromatic carbocycles. The third-order valence-corrected chi connectivity index (χ3v) is 6.56. The fraction of sp³-hybridized carbons (Fsp3) is 0.417. The molecule has 0 saturated carbocycles. The van der Waals surface area contributed by atoms with Crippen molar-refractivity contribution in [2.45, 2.75) is 37.8 Å². The van der Waals surface area contributed by atoms with Gasteiger partial charge in [0.1, 0.15) is 5.75 Å². The fourth-order valence-electron chi connectivity index (χ4n) is 5.22. The molecule has 2 atom stereocenters. The Balaban J connectivity index is 1.62. The summed E-state index contributed by atoms with van der Waals surface area (Å²) < 4.78 is 5.32. The zero-order valence-corrected chi connectivity index (χ0v) is 17.7. The molecule has 2 heterocycles. The molecule has 0 aliphatic carbocycles. The molecule has 2 saturated heterocycles. The Morgan fingerprint density at radius 2 is 1.83 bits per heavy atom. The van der Waals surface area contributed by atoms with Crippen LogP contribution in [-0.2, 0) is 9.59 Å². The van der Waals surface area contributed by atoms with Crippen molar-refractivity contribution in [2.24, 2.45) is 0 Å². The summed E-state index contributed by atoms with van der Waals surface area (Å²) in [4.78, 5) is 28.0. The van der Waals surface area contributed by atoms with Crippen LogP contribution in [0.4, 0.5) is 0 Å². The minimum Gasteiger partial charge on any atom is -0.497 e. The Morgan fingerprint density at radius 3 is 2.40 bits per heavy atom. The highest BCUT2D eigenvalue weighted by molar-refractivity contribution is 5.81. The molecule has 6 nitrogen and oxygen atoms in total. The molecule has 4 rings (SSSR count). The SMILES string of the molecule is CCC(=O)N1CC2(C1)[C@@H](c1ccc(-c3cccc(OC)c3)cc1)[C@@H](CO)N2C(C)=O. The maximum absolute atomic E-state index is 12.3. The van der Waals surface area contributed by atoms with Crippen LogP contribution in [0.3, 0.4) is 0 Å². The van der Waals surface area contributed by atoms with Gasteiger partial charge >= 0.3 is 0 Å². The summed E-state index contributed by atoms with van der Waals surface area (Å²) in [6.45, 7) is 4.35. The molecule has 0 radical (unpaired) electrons. The minimum absolute atomic E-state index is 0.00617. The number of benzene rings is 2. The molecule has 0 bridgehead atoms. The molecule has 1 N–H and O–H groups in total. The van der Waals surface area contributed by atoms with Crippen molar-refractivity contribution in [2.75, 3.05) is 26.8 Å². The fourth-order valence-corrected chi connectivity index (χ4v) is 5.22. The van der Waals surface area contributed by atoms with Crippen LogP contribution < -0.4 is 4.74 Å². The number of hydrogen-bond donors (Lipinski definition) is 1. The number of rotatable bonds is 5. The molecular formula is C24H28N2O4. The maximum atomic E-state index is 12.3. The van der Waals surface area contributed by atoms with Gasteiger partial charge in [-0.05, 0) is 28.8 Å². The molecule has 2 amide bonds. The standard InChI is InChI=1S/C24H28N2O4/c1-4-22(29)25-14-24(15-25)23(21(13-27)26(24)16(2)28)18-10-8-17(9-11-18)19-6-5-7-20(12-19)30-3/h5-12,21,23,27H,4,13-15H2,1-3H3/t21-,23+/m1/s1. The highest BCUT2D eigenvalue weighted by atomic mass is 16.5. The van der Waals surface area contributed by atoms with Crippen molar-refractivity contribution >= 4 is 11.8 Å². The van der Waals surface area contributed by atoms with Crippen LogP contribution in [-0.4, -0.2) is 65.1 Å². The third-order valence-electron chi connectivity index (χ3n) is 6.56. The van der Waals surface area contributed by atoms with E-state index in [1.165, 1.54) is 6.92 Å². The van der Waals surface area contributed by atoms with Crippen LogP contribution in [0, 0.1) is 0 Å². The first-order chi connectivity index (χ1) is 14.4. The summed E-state index contributed by atoms with van der Waals surface area (Å²) in [5.74, 6) is 0.861. The lowest BCUT2D eigenvalue weighted by Crippen LogP contribution is -2.85. The van der Waals surface area contributed by atoms with Crippen LogP contribution in [0.15, 0.2) is 48.5 Å². The molecular weight excluding hydrogens is 380 g/mol. The molecule has 2 aromatic rings. The Kier molecular flexibility index (Phi) is 5.28. The van der Waals surface area contributed by atoms with Crippen LogP contribution in [0.1, 0.15) is 31.7 Å². The number of ether oxygens (including phenoxy) is 1. The Labute approximate surface area is 177 Å². The first-order valence-electron chi connectivity index (χ1n) is 10.4. The summed E-state index contributed by atoms with van der Waals surface area (Å²) in [5, 5.41) is 10.0. The average molecular weight is 408 g/mol. The van der Waals surface area contributed by atoms with E-state index < -0.39 is 5.54 Å². The monoisotopic (exact) mass is 408 g/mol. The van der Waals surface area contributed by atoms with E-state index in [-0.39, 0.29) is 30.4 Å². The number of amides is 2. The third kappa shape index (κ3) is 3.06. The van der Waals surface area contributed by atoms with Gasteiger partial charge in [0.2, 0.25) is 11.8 Å². The van der Waals surface area contributed by atoms with E-state index in [9.17, 15) is 14.7 Å². The van der Waals surface area contributed by atoms with Crippen molar-refractivity contribution in [3.8, 4) is 16.9 Å². The van der Waals surface area contributed by atoms with E-state index in [1.54, 1.807) is 16.9 Å². The number of carbonyl (C=O) groups excluding carboxylic acids is 2. The van der Waals surface area contributed by atoms with Crippen molar-refractivity contribution in [3.05, 3.63) is 54.1 Å². The van der Waals surface area contributed by atoms with Gasteiger partial charge in [-0.2, -0.15) is 0 Å². The van der Waals surface area contributed by atoms with Crippen LogP contribution in [0.25, 0.3) is 11.1 Å². The Morgan fingerprint density at radius 1 is 1.13 bits per heavy atom. The topological polar surface area (TPSA) is 70.1 Å². The van der Waals surface area contributed by atoms with Gasteiger partial charge in [-0.25, -0.2) is 0 Å². The van der Waals surface area contributed by atoms with Crippen molar-refractivity contribution < 1.29 is 19.4 Å². The van der Waals surface area contributed by atoms with Crippen LogP contribution >= 0.6 is 0 Å². The highest BCUT2D eigenvalue weighted by Gasteiger charge is 2.67. The molecule has 2 aliphatic rings. The van der Waals surface area contributed by atoms with Crippen LogP contribution in [0.2, 0.25) is 0 Å². The van der Waals surface area contributed by atoms with E-state index in [2.05, 4.69) is 24.3 Å². The van der Waals surface area contributed by atoms with E-state index >= 15 is 0 Å². The Hall–Kier alpha value is -2.86. The molecule has 2 aliphatic heterocycles. The second-order valence-corrected chi connectivity index (χ2v) is 8.18. The van der Waals surface area contributed by atoms with Gasteiger partial charge in [-0.1, -0.05) is 43.3 Å². The lowest BCUT2D eigenvalue weighted by Gasteiger charge is -2.70. The quantitative estimate of drug-likeness (QED) is 0.826. The largest absolute Gasteiger partial charge is 0.497 e. The summed E-state index contributed by atoms with van der Waals surface area (Å²) >= 11 is 0. The second kappa shape index (κ2) is 7.76. The number of aliphatic hydroxyl groups excluding tert-OH is 1. The van der Waals surface area contributed by atoms with Gasteiger partial charge in [-0.3, -0.25) is 9.59 Å². The average Bonchev–Trinajstić information content (AvgIpc) is 2.72. The van der Waals surface area contributed by atoms with E-state index in [4.69, 9.17) is 4.74 Å². The van der Waals surface area contributed by atoms with Gasteiger partial charge in [0.25, 0.3) is 0 Å². The maximum Gasteiger partial charge on any atom is 0.222 e. The van der Waals surface area contributed by atoms with Crippen LogP contribution in [0.5, 0.6) is 5.75 Å². The zero-order chi connectivity index (χ0) is 21.5. The second-order valence-electron chi connectivity index (χ2n) is 8.18. The van der Waals surface area contributed by atoms with Gasteiger partial charge < -0.3 is 19.6 Å². The molecule has 158 valence electrons. The number of hydrogen-bond acceptors (Lipinski definition) is 4. The number of nitrogens with zero attached hydrogens (tertiary/aromatic N) is 2. The molecule has 0 aromatic heterocycles. The van der Waals surface area contributed by atoms with Crippen molar-refractivity contribution in [1.29, 1.82) is 0 Å². The summed E-state index contributed by atoms with van der Waals surface area (Å²) in [6.07, 6.45) is 0.458. The number of likely N-dealkylation sites (tertiary alicyclic amines) is 2. The summed E-state index contributed by atoms with van der Waals surface area (Å²) in [6, 6.07) is 15.9. The molecule has 2 fully saturated rings. The minimum atomic E-state index is -0.415. The number of aliphatic hydroxyl groups is 1. The summed E-state index contributed by atoms with van der Waals surface area (Å²) in [7, 11) is 1.65. The van der Waals surface area contributed by atoms with Crippen molar-refractivity contribution in [3.63, 3.8) is 0 Å². The van der Waals surface area contributed by atoms with Crippen molar-refractivity contribution in [1.82, 2.24) is 9.80 Å². The smallest absolute Gasteiger partial charge is 0.222 e. The highest BCUT2D eigenvalue weighted by Crippen LogP contribution is 2.54. The Bertz CT molecular complexity index is 950. The van der Waals surface area contributed by atoms with Gasteiger partial charge in [0, 0.05) is 32.4 Å². The summed E-state index contributed by atoms with van der Waals surface area (Å²) in [5.41, 5.74) is 2.81. The molecule has 6 heteroatoms. The first-order valence-corrected chi connectivity index (χ1v) is 10.4. The van der Waals surface area contributed by atoms with Gasteiger partial charge in [0.15, 0.2) is 0 Å².